The Labute approximate surface area is 228 Å². The van der Waals surface area contributed by atoms with Gasteiger partial charge in [-0.2, -0.15) is 0 Å². The van der Waals surface area contributed by atoms with E-state index in [1.54, 1.807) is 25.1 Å². The molecule has 0 saturated carbocycles. The number of aryl methyl sites for hydroxylation is 1. The van der Waals surface area contributed by atoms with Crippen LogP contribution in [-0.2, 0) is 10.5 Å². The number of nitrogens with zero attached hydrogens (tertiary/aromatic N) is 4. The number of nitro benzene ring substituents is 1. The van der Waals surface area contributed by atoms with Gasteiger partial charge in [0.2, 0.25) is 10.9 Å². The number of carbonyl (C=O) groups is 2. The number of anilines is 1. The van der Waals surface area contributed by atoms with E-state index in [0.29, 0.717) is 26.4 Å². The summed E-state index contributed by atoms with van der Waals surface area (Å²) in [7, 11) is 0. The Bertz CT molecular complexity index is 1580. The molecule has 0 aliphatic carbocycles. The molecule has 3 heterocycles. The van der Waals surface area contributed by atoms with Gasteiger partial charge in [-0.25, -0.2) is 0 Å². The molecular formula is C25H17ClN4O6S2. The summed E-state index contributed by atoms with van der Waals surface area (Å²) in [6.07, 6.45) is 0. The summed E-state index contributed by atoms with van der Waals surface area (Å²) in [4.78, 5) is 38.5. The van der Waals surface area contributed by atoms with Crippen LogP contribution >= 0.6 is 34.7 Å². The number of hydrogen-bond donors (Lipinski definition) is 1. The average Bonchev–Trinajstić information content (AvgIpc) is 3.62. The van der Waals surface area contributed by atoms with Crippen LogP contribution in [0.5, 0.6) is 0 Å². The van der Waals surface area contributed by atoms with Crippen molar-refractivity contribution in [2.75, 3.05) is 4.90 Å². The van der Waals surface area contributed by atoms with Crippen LogP contribution in [0.15, 0.2) is 80.8 Å². The minimum Gasteiger partial charge on any atom is -0.503 e. The molecule has 1 amide bonds. The first-order valence-electron chi connectivity index (χ1n) is 11.1. The average molecular weight is 569 g/mol. The second-order valence-electron chi connectivity index (χ2n) is 8.19. The molecule has 10 nitrogen and oxygen atoms in total. The van der Waals surface area contributed by atoms with Crippen LogP contribution in [0.3, 0.4) is 0 Å². The van der Waals surface area contributed by atoms with Gasteiger partial charge in [-0.15, -0.1) is 10.2 Å². The lowest BCUT2D eigenvalue weighted by Gasteiger charge is -2.23. The lowest BCUT2D eigenvalue weighted by atomic mass is 9.95. The second kappa shape index (κ2) is 10.4. The number of benzene rings is 2. The quantitative estimate of drug-likeness (QED) is 0.0880. The summed E-state index contributed by atoms with van der Waals surface area (Å²) < 4.78 is 6.01. The molecule has 1 aliphatic rings. The third kappa shape index (κ3) is 4.93. The number of non-ortho nitro benzene ring substituents is 1. The van der Waals surface area contributed by atoms with E-state index in [1.807, 2.05) is 12.1 Å². The van der Waals surface area contributed by atoms with Crippen molar-refractivity contribution in [2.45, 2.75) is 23.1 Å². The number of Topliss-reactive ketones (excluding diaryl/α,β-unsaturated/α-hetero) is 1. The monoisotopic (exact) mass is 568 g/mol. The van der Waals surface area contributed by atoms with Gasteiger partial charge in [-0.3, -0.25) is 24.6 Å². The van der Waals surface area contributed by atoms with Crippen molar-refractivity contribution >= 4 is 57.2 Å². The predicted molar refractivity (Wildman–Crippen MR) is 142 cm³/mol. The van der Waals surface area contributed by atoms with Crippen molar-refractivity contribution in [3.63, 3.8) is 0 Å². The molecule has 2 aromatic carbocycles. The first-order chi connectivity index (χ1) is 18.2. The molecular weight excluding hydrogens is 552 g/mol. The van der Waals surface area contributed by atoms with Crippen molar-refractivity contribution in [3.05, 3.63) is 110 Å². The second-order valence-corrected chi connectivity index (χ2v) is 10.8. The normalized spacial score (nSPS) is 15.4. The number of aliphatic hydroxyl groups is 1. The first-order valence-corrected chi connectivity index (χ1v) is 13.2. The van der Waals surface area contributed by atoms with Crippen LogP contribution in [0, 0.1) is 17.0 Å². The summed E-state index contributed by atoms with van der Waals surface area (Å²) in [6.45, 7) is 1.66. The molecule has 0 fully saturated rings. The molecule has 13 heteroatoms. The number of ketones is 1. The van der Waals surface area contributed by atoms with E-state index < -0.39 is 28.4 Å². The fourth-order valence-electron chi connectivity index (χ4n) is 3.90. The zero-order valence-electron chi connectivity index (χ0n) is 19.5. The Balaban J connectivity index is 1.50. The molecule has 1 N–H and O–H groups in total. The van der Waals surface area contributed by atoms with Crippen molar-refractivity contribution in [1.82, 2.24) is 10.2 Å². The molecule has 1 atom stereocenters. The van der Waals surface area contributed by atoms with E-state index in [2.05, 4.69) is 10.2 Å². The smallest absolute Gasteiger partial charge is 0.296 e. The van der Waals surface area contributed by atoms with Gasteiger partial charge < -0.3 is 9.52 Å². The highest BCUT2D eigenvalue weighted by molar-refractivity contribution is 8.00. The summed E-state index contributed by atoms with van der Waals surface area (Å²) >= 11 is 8.46. The SMILES string of the molecule is Cc1ccc(C(=O)C2=C(O)C(=O)N(c3nnc(SCc4ccc(Cl)cc4)s3)C2c2ccc([N+](=O)[O-])cc2)o1. The topological polar surface area (TPSA) is 140 Å². The molecule has 0 radical (unpaired) electrons. The summed E-state index contributed by atoms with van der Waals surface area (Å²) in [5.41, 5.74) is 0.996. The molecule has 38 heavy (non-hydrogen) atoms. The van der Waals surface area contributed by atoms with Crippen LogP contribution in [0.4, 0.5) is 10.8 Å². The fourth-order valence-corrected chi connectivity index (χ4v) is 5.85. The van der Waals surface area contributed by atoms with E-state index in [-0.39, 0.29) is 22.2 Å². The highest BCUT2D eigenvalue weighted by atomic mass is 35.5. The Morgan fingerprint density at radius 3 is 2.50 bits per heavy atom. The van der Waals surface area contributed by atoms with E-state index >= 15 is 0 Å². The molecule has 1 aliphatic heterocycles. The van der Waals surface area contributed by atoms with Crippen LogP contribution in [0.1, 0.15) is 33.5 Å². The number of nitro groups is 1. The maximum Gasteiger partial charge on any atom is 0.296 e. The van der Waals surface area contributed by atoms with E-state index in [9.17, 15) is 24.8 Å². The lowest BCUT2D eigenvalue weighted by molar-refractivity contribution is -0.384. The van der Waals surface area contributed by atoms with Gasteiger partial charge in [-0.1, -0.05) is 46.8 Å². The first kappa shape index (κ1) is 25.6. The van der Waals surface area contributed by atoms with Gasteiger partial charge in [0.1, 0.15) is 5.76 Å². The Morgan fingerprint density at radius 2 is 1.87 bits per heavy atom. The van der Waals surface area contributed by atoms with E-state index in [0.717, 1.165) is 16.9 Å². The number of aliphatic hydroxyl groups excluding tert-OH is 1. The Morgan fingerprint density at radius 1 is 1.16 bits per heavy atom. The number of carbonyl (C=O) groups excluding carboxylic acids is 2. The van der Waals surface area contributed by atoms with Crippen LogP contribution in [-0.4, -0.2) is 31.9 Å². The Kier molecular flexibility index (Phi) is 7.02. The zero-order chi connectivity index (χ0) is 27.0. The van der Waals surface area contributed by atoms with Gasteiger partial charge >= 0.3 is 0 Å². The van der Waals surface area contributed by atoms with Gasteiger partial charge in [-0.05, 0) is 54.4 Å². The molecule has 0 bridgehead atoms. The van der Waals surface area contributed by atoms with E-state index in [4.69, 9.17) is 16.0 Å². The number of hydrogen-bond acceptors (Lipinski definition) is 10. The maximum absolute atomic E-state index is 13.4. The number of amides is 1. The summed E-state index contributed by atoms with van der Waals surface area (Å²) in [5, 5.41) is 31.1. The van der Waals surface area contributed by atoms with Crippen LogP contribution in [0.2, 0.25) is 5.02 Å². The number of rotatable bonds is 8. The molecule has 5 rings (SSSR count). The number of halogens is 1. The molecule has 2 aromatic heterocycles. The van der Waals surface area contributed by atoms with Gasteiger partial charge in [0.05, 0.1) is 16.5 Å². The zero-order valence-corrected chi connectivity index (χ0v) is 21.9. The third-order valence-corrected chi connectivity index (χ3v) is 8.09. The fraction of sp³-hybridized carbons (Fsp3) is 0.120. The number of aromatic nitrogens is 2. The molecule has 0 spiro atoms. The third-order valence-electron chi connectivity index (χ3n) is 5.71. The highest BCUT2D eigenvalue weighted by Crippen LogP contribution is 2.44. The molecule has 1 unspecified atom stereocenters. The van der Waals surface area contributed by atoms with Gasteiger partial charge in [0, 0.05) is 22.9 Å². The van der Waals surface area contributed by atoms with Crippen molar-refractivity contribution in [2.24, 2.45) is 0 Å². The Hall–Kier alpha value is -4.00. The van der Waals surface area contributed by atoms with Gasteiger partial charge in [0.15, 0.2) is 15.9 Å². The molecule has 192 valence electrons. The lowest BCUT2D eigenvalue weighted by Crippen LogP contribution is -2.31. The predicted octanol–water partition coefficient (Wildman–Crippen LogP) is 6.08. The summed E-state index contributed by atoms with van der Waals surface area (Å²) in [5.74, 6) is -1.27. The largest absolute Gasteiger partial charge is 0.503 e. The minimum atomic E-state index is -1.11. The summed E-state index contributed by atoms with van der Waals surface area (Å²) in [6, 6.07) is 14.7. The maximum atomic E-state index is 13.4. The number of furan rings is 1. The standard InChI is InChI=1S/C25H17ClN4O6S2/c1-13-2-11-18(36-13)21(31)19-20(15-5-9-17(10-6-15)30(34)35)29(23(33)22(19)32)24-27-28-25(38-24)37-12-14-3-7-16(26)8-4-14/h2-11,20,32H,12H2,1H3. The van der Waals surface area contributed by atoms with Gasteiger partial charge in [0.25, 0.3) is 11.6 Å². The van der Waals surface area contributed by atoms with Crippen molar-refractivity contribution in [1.29, 1.82) is 0 Å². The molecule has 0 saturated heterocycles. The van der Waals surface area contributed by atoms with Crippen molar-refractivity contribution < 1.29 is 24.0 Å². The molecule has 4 aromatic rings. The number of thioether (sulfide) groups is 1. The highest BCUT2D eigenvalue weighted by Gasteiger charge is 2.46. The van der Waals surface area contributed by atoms with E-state index in [1.165, 1.54) is 47.0 Å². The minimum absolute atomic E-state index is 0.0536. The van der Waals surface area contributed by atoms with Crippen LogP contribution in [0.25, 0.3) is 0 Å². The van der Waals surface area contributed by atoms with Crippen LogP contribution < -0.4 is 4.90 Å². The van der Waals surface area contributed by atoms with Crippen molar-refractivity contribution in [3.8, 4) is 0 Å².